The summed E-state index contributed by atoms with van der Waals surface area (Å²) in [6.45, 7) is 3.72. The maximum absolute atomic E-state index is 11.2. The Kier molecular flexibility index (Phi) is 3.83. The molecule has 74 valence electrons. The SMILES string of the molecule is C/C=C/C(=O)Nc1cnc(Br)c(C)c1. The zero-order valence-electron chi connectivity index (χ0n) is 8.04. The van der Waals surface area contributed by atoms with Crippen molar-refractivity contribution in [3.63, 3.8) is 0 Å². The van der Waals surface area contributed by atoms with Gasteiger partial charge in [0, 0.05) is 0 Å². The van der Waals surface area contributed by atoms with Gasteiger partial charge in [-0.3, -0.25) is 4.79 Å². The molecule has 1 aromatic rings. The normalized spacial score (nSPS) is 10.5. The van der Waals surface area contributed by atoms with Crippen LogP contribution in [0.1, 0.15) is 12.5 Å². The van der Waals surface area contributed by atoms with Crippen LogP contribution in [0.15, 0.2) is 29.0 Å². The molecule has 1 amide bonds. The molecule has 1 heterocycles. The van der Waals surface area contributed by atoms with Gasteiger partial charge in [-0.25, -0.2) is 4.98 Å². The van der Waals surface area contributed by atoms with Gasteiger partial charge in [-0.05, 0) is 47.5 Å². The minimum absolute atomic E-state index is 0.143. The predicted molar refractivity (Wildman–Crippen MR) is 60.1 cm³/mol. The third-order valence-electron chi connectivity index (χ3n) is 1.60. The summed E-state index contributed by atoms with van der Waals surface area (Å²) < 4.78 is 0.793. The Hall–Kier alpha value is -1.16. The van der Waals surface area contributed by atoms with Crippen molar-refractivity contribution in [2.45, 2.75) is 13.8 Å². The first-order chi connectivity index (χ1) is 6.63. The molecule has 0 unspecified atom stereocenters. The number of allylic oxidation sites excluding steroid dienone is 1. The number of pyridine rings is 1. The van der Waals surface area contributed by atoms with Gasteiger partial charge in [0.15, 0.2) is 0 Å². The standard InChI is InChI=1S/C10H11BrN2O/c1-3-4-9(14)13-8-5-7(2)10(11)12-6-8/h3-6H,1-2H3,(H,13,14)/b4-3+. The van der Waals surface area contributed by atoms with Crippen LogP contribution in [0.4, 0.5) is 5.69 Å². The van der Waals surface area contributed by atoms with Crippen molar-refractivity contribution in [2.24, 2.45) is 0 Å². The van der Waals surface area contributed by atoms with E-state index in [0.717, 1.165) is 10.2 Å². The van der Waals surface area contributed by atoms with Crippen LogP contribution < -0.4 is 5.32 Å². The Balaban J connectivity index is 2.78. The molecule has 0 aliphatic heterocycles. The van der Waals surface area contributed by atoms with Crippen LogP contribution in [0.5, 0.6) is 0 Å². The molecule has 0 fully saturated rings. The van der Waals surface area contributed by atoms with Crippen molar-refractivity contribution in [3.8, 4) is 0 Å². The topological polar surface area (TPSA) is 42.0 Å². The molecular formula is C10H11BrN2O. The highest BCUT2D eigenvalue weighted by Gasteiger charge is 2.00. The minimum atomic E-state index is -0.143. The number of amides is 1. The molecule has 1 rings (SSSR count). The first-order valence-corrected chi connectivity index (χ1v) is 4.98. The second-order valence-corrected chi connectivity index (χ2v) is 3.57. The van der Waals surface area contributed by atoms with Gasteiger partial charge in [-0.15, -0.1) is 0 Å². The number of carbonyl (C=O) groups excluding carboxylic acids is 1. The Morgan fingerprint density at radius 1 is 1.64 bits per heavy atom. The molecular weight excluding hydrogens is 244 g/mol. The van der Waals surface area contributed by atoms with Crippen molar-refractivity contribution in [1.29, 1.82) is 0 Å². The van der Waals surface area contributed by atoms with E-state index in [1.807, 2.05) is 13.0 Å². The molecule has 4 heteroatoms. The van der Waals surface area contributed by atoms with Crippen LogP contribution >= 0.6 is 15.9 Å². The quantitative estimate of drug-likeness (QED) is 0.652. The van der Waals surface area contributed by atoms with Crippen LogP contribution in [-0.4, -0.2) is 10.9 Å². The maximum atomic E-state index is 11.2. The Labute approximate surface area is 91.4 Å². The Morgan fingerprint density at radius 3 is 2.93 bits per heavy atom. The van der Waals surface area contributed by atoms with E-state index in [0.29, 0.717) is 5.69 Å². The summed E-state index contributed by atoms with van der Waals surface area (Å²) >= 11 is 3.29. The monoisotopic (exact) mass is 254 g/mol. The third-order valence-corrected chi connectivity index (χ3v) is 2.43. The molecule has 0 atom stereocenters. The lowest BCUT2D eigenvalue weighted by Crippen LogP contribution is -2.08. The van der Waals surface area contributed by atoms with E-state index >= 15 is 0 Å². The molecule has 0 radical (unpaired) electrons. The van der Waals surface area contributed by atoms with Gasteiger partial charge in [0.2, 0.25) is 5.91 Å². The second kappa shape index (κ2) is 4.91. The van der Waals surface area contributed by atoms with E-state index in [4.69, 9.17) is 0 Å². The van der Waals surface area contributed by atoms with Gasteiger partial charge in [0.25, 0.3) is 0 Å². The fourth-order valence-corrected chi connectivity index (χ4v) is 1.18. The van der Waals surface area contributed by atoms with E-state index in [1.165, 1.54) is 6.08 Å². The fraction of sp³-hybridized carbons (Fsp3) is 0.200. The fourth-order valence-electron chi connectivity index (χ4n) is 0.962. The first-order valence-electron chi connectivity index (χ1n) is 4.19. The molecule has 0 aliphatic carbocycles. The molecule has 3 nitrogen and oxygen atoms in total. The van der Waals surface area contributed by atoms with Crippen LogP contribution in [-0.2, 0) is 4.79 Å². The number of nitrogens with zero attached hydrogens (tertiary/aromatic N) is 1. The average Bonchev–Trinajstić information content (AvgIpc) is 2.12. The van der Waals surface area contributed by atoms with Gasteiger partial charge in [0.05, 0.1) is 11.9 Å². The van der Waals surface area contributed by atoms with Gasteiger partial charge in [0.1, 0.15) is 4.60 Å². The lowest BCUT2D eigenvalue weighted by molar-refractivity contribution is -0.111. The molecule has 0 spiro atoms. The molecule has 0 saturated carbocycles. The van der Waals surface area contributed by atoms with Crippen LogP contribution in [0.2, 0.25) is 0 Å². The number of carbonyl (C=O) groups is 1. The van der Waals surface area contributed by atoms with E-state index < -0.39 is 0 Å². The van der Waals surface area contributed by atoms with Crippen molar-refractivity contribution in [2.75, 3.05) is 5.32 Å². The lowest BCUT2D eigenvalue weighted by Gasteiger charge is -2.03. The van der Waals surface area contributed by atoms with Crippen molar-refractivity contribution < 1.29 is 4.79 Å². The molecule has 14 heavy (non-hydrogen) atoms. The number of nitrogens with one attached hydrogen (secondary N) is 1. The lowest BCUT2D eigenvalue weighted by atomic mass is 10.3. The summed E-state index contributed by atoms with van der Waals surface area (Å²) in [5.41, 5.74) is 1.69. The van der Waals surface area contributed by atoms with Crippen molar-refractivity contribution >= 4 is 27.5 Å². The molecule has 0 saturated heterocycles. The zero-order chi connectivity index (χ0) is 10.6. The number of anilines is 1. The summed E-state index contributed by atoms with van der Waals surface area (Å²) in [5.74, 6) is -0.143. The van der Waals surface area contributed by atoms with Gasteiger partial charge in [-0.2, -0.15) is 0 Å². The van der Waals surface area contributed by atoms with Gasteiger partial charge < -0.3 is 5.32 Å². The van der Waals surface area contributed by atoms with E-state index in [-0.39, 0.29) is 5.91 Å². The summed E-state index contributed by atoms with van der Waals surface area (Å²) in [4.78, 5) is 15.2. The summed E-state index contributed by atoms with van der Waals surface area (Å²) in [5, 5.41) is 2.70. The molecule has 1 aromatic heterocycles. The first kappa shape index (κ1) is 10.9. The number of hydrogen-bond acceptors (Lipinski definition) is 2. The number of halogens is 1. The summed E-state index contributed by atoms with van der Waals surface area (Å²) in [6.07, 6.45) is 4.77. The average molecular weight is 255 g/mol. The van der Waals surface area contributed by atoms with E-state index in [9.17, 15) is 4.79 Å². The third kappa shape index (κ3) is 2.96. The Bertz CT molecular complexity index is 374. The van der Waals surface area contributed by atoms with Crippen LogP contribution in [0.3, 0.4) is 0 Å². The van der Waals surface area contributed by atoms with Gasteiger partial charge >= 0.3 is 0 Å². The van der Waals surface area contributed by atoms with Crippen molar-refractivity contribution in [3.05, 3.63) is 34.6 Å². The molecule has 0 aliphatic rings. The molecule has 0 bridgehead atoms. The summed E-state index contributed by atoms with van der Waals surface area (Å²) in [6, 6.07) is 1.86. The van der Waals surface area contributed by atoms with Crippen LogP contribution in [0.25, 0.3) is 0 Å². The van der Waals surface area contributed by atoms with Crippen LogP contribution in [0, 0.1) is 6.92 Å². The summed E-state index contributed by atoms with van der Waals surface area (Å²) in [7, 11) is 0. The van der Waals surface area contributed by atoms with E-state index in [1.54, 1.807) is 19.2 Å². The largest absolute Gasteiger partial charge is 0.321 e. The van der Waals surface area contributed by atoms with E-state index in [2.05, 4.69) is 26.2 Å². The highest BCUT2D eigenvalue weighted by atomic mass is 79.9. The number of aromatic nitrogens is 1. The van der Waals surface area contributed by atoms with Gasteiger partial charge in [-0.1, -0.05) is 6.08 Å². The highest BCUT2D eigenvalue weighted by molar-refractivity contribution is 9.10. The van der Waals surface area contributed by atoms with Crippen molar-refractivity contribution in [1.82, 2.24) is 4.98 Å². The number of rotatable bonds is 2. The minimum Gasteiger partial charge on any atom is -0.321 e. The molecule has 0 aromatic carbocycles. The molecule has 1 N–H and O–H groups in total. The zero-order valence-corrected chi connectivity index (χ0v) is 9.63. The second-order valence-electron chi connectivity index (χ2n) is 2.82. The predicted octanol–water partition coefficient (Wildman–Crippen LogP) is 2.67. The smallest absolute Gasteiger partial charge is 0.248 e. The maximum Gasteiger partial charge on any atom is 0.248 e. The highest BCUT2D eigenvalue weighted by Crippen LogP contribution is 2.16. The Morgan fingerprint density at radius 2 is 2.36 bits per heavy atom. The number of aryl methyl sites for hydroxylation is 1. The number of hydrogen-bond donors (Lipinski definition) is 1.